The molecule has 1 aliphatic rings. The van der Waals surface area contributed by atoms with Crippen molar-refractivity contribution in [3.05, 3.63) is 12.2 Å². The number of rotatable bonds is 5. The zero-order chi connectivity index (χ0) is 8.81. The highest BCUT2D eigenvalue weighted by Gasteiger charge is 2.15. The molecule has 1 rings (SSSR count). The maximum absolute atomic E-state index is 5.65. The summed E-state index contributed by atoms with van der Waals surface area (Å²) in [5.74, 6) is 0. The van der Waals surface area contributed by atoms with Crippen molar-refractivity contribution in [2.24, 2.45) is 0 Å². The Morgan fingerprint density at radius 1 is 1.67 bits per heavy atom. The Bertz CT molecular complexity index is 147. The standard InChI is InChI=1S/C9H15BrO2/c1-2-11-9(7-10)12-8-5-3-4-6-8/h3,5,8-9H,2,4,6-7H2,1H3/t8-,9?/m0/s1. The summed E-state index contributed by atoms with van der Waals surface area (Å²) in [4.78, 5) is 0. The van der Waals surface area contributed by atoms with Gasteiger partial charge in [0.05, 0.1) is 11.4 Å². The summed E-state index contributed by atoms with van der Waals surface area (Å²) in [6.07, 6.45) is 6.65. The van der Waals surface area contributed by atoms with Gasteiger partial charge in [-0.1, -0.05) is 28.1 Å². The van der Waals surface area contributed by atoms with Crippen LogP contribution < -0.4 is 0 Å². The number of hydrogen-bond donors (Lipinski definition) is 0. The molecular weight excluding hydrogens is 220 g/mol. The Morgan fingerprint density at radius 2 is 2.50 bits per heavy atom. The molecule has 1 unspecified atom stereocenters. The van der Waals surface area contributed by atoms with E-state index in [1.165, 1.54) is 0 Å². The molecule has 0 aromatic heterocycles. The van der Waals surface area contributed by atoms with E-state index < -0.39 is 0 Å². The lowest BCUT2D eigenvalue weighted by atomic mass is 10.3. The van der Waals surface area contributed by atoms with Crippen LogP contribution in [0.4, 0.5) is 0 Å². The van der Waals surface area contributed by atoms with Gasteiger partial charge in [-0.15, -0.1) is 0 Å². The second-order valence-electron chi connectivity index (χ2n) is 2.72. The van der Waals surface area contributed by atoms with Crippen molar-refractivity contribution in [3.63, 3.8) is 0 Å². The zero-order valence-electron chi connectivity index (χ0n) is 7.33. The minimum Gasteiger partial charge on any atom is -0.352 e. The van der Waals surface area contributed by atoms with Gasteiger partial charge in [0.2, 0.25) is 0 Å². The number of hydrogen-bond acceptors (Lipinski definition) is 2. The third-order valence-corrected chi connectivity index (χ3v) is 2.30. The second-order valence-corrected chi connectivity index (χ2v) is 3.37. The van der Waals surface area contributed by atoms with E-state index in [1.807, 2.05) is 6.92 Å². The van der Waals surface area contributed by atoms with Crippen LogP contribution in [-0.2, 0) is 9.47 Å². The SMILES string of the molecule is CCOC(CBr)O[C@H]1C=CCC1. The largest absolute Gasteiger partial charge is 0.352 e. The van der Waals surface area contributed by atoms with Gasteiger partial charge in [0.15, 0.2) is 6.29 Å². The summed E-state index contributed by atoms with van der Waals surface area (Å²) in [5.41, 5.74) is 0. The first-order valence-corrected chi connectivity index (χ1v) is 5.48. The molecule has 0 saturated heterocycles. The van der Waals surface area contributed by atoms with E-state index in [4.69, 9.17) is 9.47 Å². The molecule has 1 aliphatic carbocycles. The van der Waals surface area contributed by atoms with Crippen LogP contribution >= 0.6 is 15.9 Å². The van der Waals surface area contributed by atoms with Crippen LogP contribution in [-0.4, -0.2) is 24.3 Å². The van der Waals surface area contributed by atoms with Crippen LogP contribution in [0.15, 0.2) is 12.2 Å². The average molecular weight is 235 g/mol. The van der Waals surface area contributed by atoms with E-state index in [2.05, 4.69) is 28.1 Å². The molecule has 12 heavy (non-hydrogen) atoms. The highest BCUT2D eigenvalue weighted by atomic mass is 79.9. The minimum atomic E-state index is -0.0947. The maximum Gasteiger partial charge on any atom is 0.167 e. The summed E-state index contributed by atoms with van der Waals surface area (Å²) >= 11 is 3.35. The first-order chi connectivity index (χ1) is 5.86. The highest BCUT2D eigenvalue weighted by Crippen LogP contribution is 2.16. The fraction of sp³-hybridized carbons (Fsp3) is 0.778. The fourth-order valence-electron chi connectivity index (χ4n) is 1.22. The molecule has 0 aromatic carbocycles. The van der Waals surface area contributed by atoms with E-state index in [9.17, 15) is 0 Å². The summed E-state index contributed by atoms with van der Waals surface area (Å²) in [7, 11) is 0. The summed E-state index contributed by atoms with van der Waals surface area (Å²) in [6.45, 7) is 2.68. The number of allylic oxidation sites excluding steroid dienone is 1. The van der Waals surface area contributed by atoms with Crippen molar-refractivity contribution in [1.82, 2.24) is 0 Å². The molecule has 0 fully saturated rings. The molecule has 0 heterocycles. The van der Waals surface area contributed by atoms with Crippen molar-refractivity contribution in [3.8, 4) is 0 Å². The zero-order valence-corrected chi connectivity index (χ0v) is 8.92. The highest BCUT2D eigenvalue weighted by molar-refractivity contribution is 9.09. The lowest BCUT2D eigenvalue weighted by Gasteiger charge is -2.18. The van der Waals surface area contributed by atoms with E-state index in [1.54, 1.807) is 0 Å². The van der Waals surface area contributed by atoms with Crippen LogP contribution in [0.25, 0.3) is 0 Å². The third-order valence-electron chi connectivity index (χ3n) is 1.77. The molecule has 0 spiro atoms. The van der Waals surface area contributed by atoms with E-state index in [-0.39, 0.29) is 12.4 Å². The van der Waals surface area contributed by atoms with Gasteiger partial charge < -0.3 is 9.47 Å². The van der Waals surface area contributed by atoms with Gasteiger partial charge in [0, 0.05) is 6.61 Å². The molecule has 0 radical (unpaired) electrons. The van der Waals surface area contributed by atoms with Crippen LogP contribution in [0.1, 0.15) is 19.8 Å². The number of ether oxygens (including phenoxy) is 2. The van der Waals surface area contributed by atoms with Gasteiger partial charge in [0.25, 0.3) is 0 Å². The Balaban J connectivity index is 2.21. The van der Waals surface area contributed by atoms with Gasteiger partial charge in [-0.05, 0) is 19.8 Å². The van der Waals surface area contributed by atoms with Crippen molar-refractivity contribution in [1.29, 1.82) is 0 Å². The van der Waals surface area contributed by atoms with Crippen molar-refractivity contribution in [2.75, 3.05) is 11.9 Å². The van der Waals surface area contributed by atoms with Gasteiger partial charge in [-0.2, -0.15) is 0 Å². The topological polar surface area (TPSA) is 18.5 Å². The summed E-state index contributed by atoms with van der Waals surface area (Å²) < 4.78 is 11.0. The van der Waals surface area contributed by atoms with Gasteiger partial charge >= 0.3 is 0 Å². The van der Waals surface area contributed by atoms with Gasteiger partial charge in [-0.3, -0.25) is 0 Å². The van der Waals surface area contributed by atoms with Crippen LogP contribution in [0.2, 0.25) is 0 Å². The first-order valence-electron chi connectivity index (χ1n) is 4.36. The summed E-state index contributed by atoms with van der Waals surface area (Å²) in [5, 5.41) is 0.741. The molecule has 0 aromatic rings. The number of alkyl halides is 1. The Labute approximate surface area is 82.1 Å². The molecule has 0 saturated carbocycles. The Hall–Kier alpha value is 0.140. The average Bonchev–Trinajstić information content (AvgIpc) is 2.56. The predicted molar refractivity (Wildman–Crippen MR) is 52.5 cm³/mol. The minimum absolute atomic E-state index is 0.0947. The van der Waals surface area contributed by atoms with Crippen LogP contribution in [0.5, 0.6) is 0 Å². The molecule has 3 heteroatoms. The van der Waals surface area contributed by atoms with E-state index in [0.717, 1.165) is 18.2 Å². The fourth-order valence-corrected chi connectivity index (χ4v) is 1.56. The third kappa shape index (κ3) is 3.25. The van der Waals surface area contributed by atoms with Crippen molar-refractivity contribution in [2.45, 2.75) is 32.2 Å². The van der Waals surface area contributed by atoms with Crippen LogP contribution in [0, 0.1) is 0 Å². The molecule has 0 N–H and O–H groups in total. The second kappa shape index (κ2) is 5.73. The van der Waals surface area contributed by atoms with E-state index >= 15 is 0 Å². The van der Waals surface area contributed by atoms with Gasteiger partial charge in [-0.25, -0.2) is 0 Å². The van der Waals surface area contributed by atoms with Gasteiger partial charge in [0.1, 0.15) is 0 Å². The Kier molecular flexibility index (Phi) is 4.88. The van der Waals surface area contributed by atoms with Crippen LogP contribution in [0.3, 0.4) is 0 Å². The molecular formula is C9H15BrO2. The first kappa shape index (κ1) is 10.2. The van der Waals surface area contributed by atoms with Crippen molar-refractivity contribution < 1.29 is 9.47 Å². The Morgan fingerprint density at radius 3 is 3.00 bits per heavy atom. The lowest BCUT2D eigenvalue weighted by molar-refractivity contribution is -0.141. The predicted octanol–water partition coefficient (Wildman–Crippen LogP) is 2.48. The molecule has 2 nitrogen and oxygen atoms in total. The number of halogens is 1. The molecule has 2 atom stereocenters. The maximum atomic E-state index is 5.65. The summed E-state index contributed by atoms with van der Waals surface area (Å²) in [6, 6.07) is 0. The van der Waals surface area contributed by atoms with Crippen molar-refractivity contribution >= 4 is 15.9 Å². The lowest BCUT2D eigenvalue weighted by Crippen LogP contribution is -2.23. The molecule has 0 aliphatic heterocycles. The quantitative estimate of drug-likeness (QED) is 0.414. The molecule has 0 amide bonds. The molecule has 0 bridgehead atoms. The molecule has 70 valence electrons. The monoisotopic (exact) mass is 234 g/mol. The van der Waals surface area contributed by atoms with E-state index in [0.29, 0.717) is 6.61 Å². The smallest absolute Gasteiger partial charge is 0.167 e. The normalized spacial score (nSPS) is 24.7.